The van der Waals surface area contributed by atoms with E-state index < -0.39 is 22.7 Å². The Kier molecular flexibility index (Phi) is 3.43. The van der Waals surface area contributed by atoms with Gasteiger partial charge in [-0.1, -0.05) is 0 Å². The van der Waals surface area contributed by atoms with Crippen molar-refractivity contribution in [2.75, 3.05) is 0 Å². The van der Waals surface area contributed by atoms with E-state index in [0.29, 0.717) is 24.2 Å². The third kappa shape index (κ3) is 2.43. The van der Waals surface area contributed by atoms with Crippen LogP contribution in [0.25, 0.3) is 11.0 Å². The van der Waals surface area contributed by atoms with E-state index in [1.54, 1.807) is 19.9 Å². The molecule has 0 radical (unpaired) electrons. The van der Waals surface area contributed by atoms with Crippen LogP contribution in [-0.2, 0) is 12.0 Å². The van der Waals surface area contributed by atoms with Gasteiger partial charge in [0.25, 0.3) is 0 Å². The van der Waals surface area contributed by atoms with E-state index >= 15 is 0 Å². The Morgan fingerprint density at radius 3 is 2.56 bits per heavy atom. The summed E-state index contributed by atoms with van der Waals surface area (Å²) in [7, 11) is 0. The number of phenols is 1. The molecule has 0 spiro atoms. The molecule has 1 aromatic heterocycles. The van der Waals surface area contributed by atoms with Gasteiger partial charge in [-0.2, -0.15) is 0 Å². The first-order valence-corrected chi connectivity index (χ1v) is 8.64. The van der Waals surface area contributed by atoms with Gasteiger partial charge in [0.2, 0.25) is 0 Å². The van der Waals surface area contributed by atoms with Crippen LogP contribution in [0.2, 0.25) is 0 Å². The zero-order valence-corrected chi connectivity index (χ0v) is 14.3. The maximum Gasteiger partial charge on any atom is 0.196 e. The van der Waals surface area contributed by atoms with Crippen LogP contribution in [0.3, 0.4) is 0 Å². The fourth-order valence-electron chi connectivity index (χ4n) is 3.83. The molecule has 0 unspecified atom stereocenters. The van der Waals surface area contributed by atoms with Gasteiger partial charge in [0.05, 0.1) is 6.10 Å². The molecule has 25 heavy (non-hydrogen) atoms. The van der Waals surface area contributed by atoms with Crippen LogP contribution < -0.4 is 10.2 Å². The highest BCUT2D eigenvalue weighted by Crippen LogP contribution is 2.44. The highest BCUT2D eigenvalue weighted by molar-refractivity contribution is 5.87. The topological polar surface area (TPSA) is 100 Å². The fourth-order valence-corrected chi connectivity index (χ4v) is 3.83. The van der Waals surface area contributed by atoms with Crippen LogP contribution in [0.1, 0.15) is 50.9 Å². The second-order valence-electron chi connectivity index (χ2n) is 7.71. The minimum Gasteiger partial charge on any atom is -0.507 e. The number of aliphatic hydroxyl groups is 2. The molecule has 3 N–H and O–H groups in total. The van der Waals surface area contributed by atoms with Gasteiger partial charge in [-0.25, -0.2) is 0 Å². The van der Waals surface area contributed by atoms with Crippen molar-refractivity contribution in [1.29, 1.82) is 0 Å². The monoisotopic (exact) mass is 346 g/mol. The van der Waals surface area contributed by atoms with Crippen molar-refractivity contribution < 1.29 is 24.5 Å². The number of hydrogen-bond donors (Lipinski definition) is 3. The molecule has 6 nitrogen and oxygen atoms in total. The lowest BCUT2D eigenvalue weighted by molar-refractivity contribution is -0.0416. The standard InChI is InChI=1S/C19H22O6/c1-18(2)14(21)7-10-12(25-18)9-13-16(17(10)22)11(20)8-15(24-13)19(23)5-3-4-6-19/h8-9,14,21-23H,3-7H2,1-2H3/t14-/m1/s1. The van der Waals surface area contributed by atoms with Crippen molar-refractivity contribution >= 4 is 11.0 Å². The number of aliphatic hydroxyl groups excluding tert-OH is 1. The second kappa shape index (κ2) is 5.22. The zero-order valence-electron chi connectivity index (χ0n) is 14.3. The van der Waals surface area contributed by atoms with E-state index in [2.05, 4.69) is 0 Å². The van der Waals surface area contributed by atoms with E-state index in [9.17, 15) is 20.1 Å². The molecule has 1 aliphatic carbocycles. The first-order chi connectivity index (χ1) is 11.7. The number of benzene rings is 1. The van der Waals surface area contributed by atoms with Crippen LogP contribution >= 0.6 is 0 Å². The highest BCUT2D eigenvalue weighted by atomic mass is 16.5. The number of hydrogen-bond acceptors (Lipinski definition) is 6. The van der Waals surface area contributed by atoms with E-state index in [4.69, 9.17) is 9.15 Å². The molecule has 1 aromatic carbocycles. The van der Waals surface area contributed by atoms with E-state index in [0.717, 1.165) is 12.8 Å². The van der Waals surface area contributed by atoms with Crippen LogP contribution in [0.4, 0.5) is 0 Å². The number of aromatic hydroxyl groups is 1. The van der Waals surface area contributed by atoms with Gasteiger partial charge in [-0.3, -0.25) is 4.79 Å². The minimum atomic E-state index is -1.13. The summed E-state index contributed by atoms with van der Waals surface area (Å²) in [4.78, 5) is 12.6. The molecule has 4 rings (SSSR count). The van der Waals surface area contributed by atoms with Crippen molar-refractivity contribution in [3.05, 3.63) is 33.7 Å². The molecule has 2 aliphatic rings. The van der Waals surface area contributed by atoms with Crippen molar-refractivity contribution in [2.24, 2.45) is 0 Å². The molecule has 0 saturated heterocycles. The lowest BCUT2D eigenvalue weighted by Gasteiger charge is -2.37. The van der Waals surface area contributed by atoms with Crippen LogP contribution in [0.15, 0.2) is 21.3 Å². The zero-order chi connectivity index (χ0) is 18.0. The van der Waals surface area contributed by atoms with Gasteiger partial charge in [0.15, 0.2) is 5.43 Å². The SMILES string of the molecule is CC1(C)Oc2cc3oc(C4(O)CCCC4)cc(=O)c3c(O)c2C[C@H]1O. The van der Waals surface area contributed by atoms with E-state index in [1.807, 2.05) is 0 Å². The lowest BCUT2D eigenvalue weighted by atomic mass is 9.89. The molecular formula is C19H22O6. The number of phenolic OH excluding ortho intramolecular Hbond substituents is 1. The average molecular weight is 346 g/mol. The van der Waals surface area contributed by atoms with Crippen molar-refractivity contribution in [1.82, 2.24) is 0 Å². The van der Waals surface area contributed by atoms with E-state index in [-0.39, 0.29) is 28.9 Å². The van der Waals surface area contributed by atoms with Gasteiger partial charge in [0.1, 0.15) is 39.4 Å². The second-order valence-corrected chi connectivity index (χ2v) is 7.71. The first kappa shape index (κ1) is 16.4. The summed E-state index contributed by atoms with van der Waals surface area (Å²) in [5.74, 6) is 0.400. The maximum absolute atomic E-state index is 12.6. The summed E-state index contributed by atoms with van der Waals surface area (Å²) in [6.45, 7) is 3.52. The van der Waals surface area contributed by atoms with Crippen LogP contribution in [0, 0.1) is 0 Å². The van der Waals surface area contributed by atoms with Gasteiger partial charge in [0, 0.05) is 24.1 Å². The van der Waals surface area contributed by atoms with Crippen LogP contribution in [0.5, 0.6) is 11.5 Å². The van der Waals surface area contributed by atoms with E-state index in [1.165, 1.54) is 6.07 Å². The Bertz CT molecular complexity index is 904. The molecule has 2 heterocycles. The highest BCUT2D eigenvalue weighted by Gasteiger charge is 2.39. The maximum atomic E-state index is 12.6. The van der Waals surface area contributed by atoms with Gasteiger partial charge >= 0.3 is 0 Å². The summed E-state index contributed by atoms with van der Waals surface area (Å²) in [6, 6.07) is 2.84. The average Bonchev–Trinajstić information content (AvgIpc) is 2.97. The predicted octanol–water partition coefficient (Wildman–Crippen LogP) is 2.33. The lowest BCUT2D eigenvalue weighted by Crippen LogP contribution is -2.46. The van der Waals surface area contributed by atoms with Crippen molar-refractivity contribution in [2.45, 2.75) is 63.3 Å². The van der Waals surface area contributed by atoms with Gasteiger partial charge in [-0.05, 0) is 39.5 Å². The molecule has 134 valence electrons. The fraction of sp³-hybridized carbons (Fsp3) is 0.526. The normalized spacial score (nSPS) is 24.1. The molecule has 0 bridgehead atoms. The number of ether oxygens (including phenoxy) is 1. The van der Waals surface area contributed by atoms with Gasteiger partial charge in [-0.15, -0.1) is 0 Å². The Morgan fingerprint density at radius 2 is 1.88 bits per heavy atom. The Hall–Kier alpha value is -2.05. The van der Waals surface area contributed by atoms with Gasteiger partial charge < -0.3 is 24.5 Å². The molecular weight excluding hydrogens is 324 g/mol. The number of rotatable bonds is 1. The molecule has 1 aliphatic heterocycles. The Morgan fingerprint density at radius 1 is 1.20 bits per heavy atom. The summed E-state index contributed by atoms with van der Waals surface area (Å²) in [5.41, 5.74) is -1.76. The Labute approximate surface area is 144 Å². The third-order valence-corrected chi connectivity index (χ3v) is 5.52. The smallest absolute Gasteiger partial charge is 0.196 e. The Balaban J connectivity index is 1.93. The van der Waals surface area contributed by atoms with Crippen molar-refractivity contribution in [3.8, 4) is 11.5 Å². The molecule has 2 aromatic rings. The summed E-state index contributed by atoms with van der Waals surface area (Å²) in [6.07, 6.45) is 2.25. The first-order valence-electron chi connectivity index (χ1n) is 8.64. The largest absolute Gasteiger partial charge is 0.507 e. The molecule has 6 heteroatoms. The van der Waals surface area contributed by atoms with Crippen LogP contribution in [-0.4, -0.2) is 27.0 Å². The summed E-state index contributed by atoms with van der Waals surface area (Å²) < 4.78 is 11.6. The van der Waals surface area contributed by atoms with Crippen molar-refractivity contribution in [3.63, 3.8) is 0 Å². The summed E-state index contributed by atoms with van der Waals surface area (Å²) in [5, 5.41) is 31.5. The minimum absolute atomic E-state index is 0.0552. The third-order valence-electron chi connectivity index (χ3n) is 5.52. The predicted molar refractivity (Wildman–Crippen MR) is 90.9 cm³/mol. The molecule has 1 atom stereocenters. The summed E-state index contributed by atoms with van der Waals surface area (Å²) >= 11 is 0. The quantitative estimate of drug-likeness (QED) is 0.733. The molecule has 1 fully saturated rings. The number of fused-ring (bicyclic) bond motifs is 2. The molecule has 0 amide bonds. The molecule has 1 saturated carbocycles.